The van der Waals surface area contributed by atoms with Crippen molar-refractivity contribution in [1.29, 1.82) is 0 Å². The molecule has 0 radical (unpaired) electrons. The topological polar surface area (TPSA) is 55.1 Å². The van der Waals surface area contributed by atoms with Crippen molar-refractivity contribution in [1.82, 2.24) is 5.32 Å². The van der Waals surface area contributed by atoms with Gasteiger partial charge in [-0.1, -0.05) is 30.4 Å². The van der Waals surface area contributed by atoms with Crippen molar-refractivity contribution >= 4 is 23.1 Å². The van der Waals surface area contributed by atoms with E-state index >= 15 is 0 Å². The van der Waals surface area contributed by atoms with Crippen molar-refractivity contribution in [3.8, 4) is 0 Å². The van der Waals surface area contributed by atoms with Gasteiger partial charge >= 0.3 is 0 Å². The first kappa shape index (κ1) is 12.0. The van der Waals surface area contributed by atoms with Crippen LogP contribution in [0, 0.1) is 5.92 Å². The first-order chi connectivity index (χ1) is 8.15. The van der Waals surface area contributed by atoms with E-state index in [4.69, 9.17) is 18.0 Å². The second kappa shape index (κ2) is 5.27. The van der Waals surface area contributed by atoms with E-state index in [2.05, 4.69) is 5.32 Å². The molecular weight excluding hydrogens is 232 g/mol. The monoisotopic (exact) mass is 248 g/mol. The molecule has 90 valence electrons. The maximum atomic E-state index is 11.5. The number of rotatable bonds is 5. The Morgan fingerprint density at radius 2 is 2.24 bits per heavy atom. The average molecular weight is 248 g/mol. The summed E-state index contributed by atoms with van der Waals surface area (Å²) in [5, 5.41) is 2.91. The third kappa shape index (κ3) is 3.82. The van der Waals surface area contributed by atoms with Crippen LogP contribution in [0.3, 0.4) is 0 Å². The molecule has 4 heteroatoms. The normalized spacial score (nSPS) is 14.4. The number of hydrogen-bond donors (Lipinski definition) is 2. The van der Waals surface area contributed by atoms with Crippen LogP contribution < -0.4 is 11.1 Å². The van der Waals surface area contributed by atoms with Gasteiger partial charge in [0.25, 0.3) is 0 Å². The van der Waals surface area contributed by atoms with Gasteiger partial charge in [0.2, 0.25) is 5.91 Å². The highest BCUT2D eigenvalue weighted by molar-refractivity contribution is 7.80. The largest absolute Gasteiger partial charge is 0.389 e. The van der Waals surface area contributed by atoms with Crippen molar-refractivity contribution in [2.75, 3.05) is 0 Å². The van der Waals surface area contributed by atoms with Gasteiger partial charge in [0.15, 0.2) is 0 Å². The Labute approximate surface area is 106 Å². The molecule has 0 heterocycles. The molecule has 1 aliphatic carbocycles. The molecule has 3 nitrogen and oxygen atoms in total. The van der Waals surface area contributed by atoms with Crippen LogP contribution in [0.2, 0.25) is 0 Å². The number of nitrogens with one attached hydrogen (secondary N) is 1. The molecule has 0 unspecified atom stereocenters. The zero-order chi connectivity index (χ0) is 12.3. The molecule has 3 N–H and O–H groups in total. The maximum Gasteiger partial charge on any atom is 0.220 e. The number of thiocarbonyl (C=S) groups is 1. The molecule has 1 aliphatic rings. The molecule has 1 amide bonds. The lowest BCUT2D eigenvalue weighted by Crippen LogP contribution is -2.23. The van der Waals surface area contributed by atoms with Gasteiger partial charge in [-0.05, 0) is 30.4 Å². The first-order valence-electron chi connectivity index (χ1n) is 5.80. The summed E-state index contributed by atoms with van der Waals surface area (Å²) in [6.07, 6.45) is 3.06. The van der Waals surface area contributed by atoms with Gasteiger partial charge < -0.3 is 11.1 Å². The Bertz CT molecular complexity index is 441. The molecule has 2 rings (SSSR count). The Morgan fingerprint density at radius 1 is 1.47 bits per heavy atom. The molecule has 0 saturated heterocycles. The van der Waals surface area contributed by atoms with Gasteiger partial charge in [0.05, 0.1) is 0 Å². The number of amides is 1. The maximum absolute atomic E-state index is 11.5. The van der Waals surface area contributed by atoms with Gasteiger partial charge in [0, 0.05) is 18.5 Å². The van der Waals surface area contributed by atoms with Crippen LogP contribution in [-0.4, -0.2) is 10.9 Å². The zero-order valence-electron chi connectivity index (χ0n) is 9.61. The molecule has 0 aliphatic heterocycles. The molecule has 1 fully saturated rings. The summed E-state index contributed by atoms with van der Waals surface area (Å²) in [5.41, 5.74) is 7.43. The van der Waals surface area contributed by atoms with Crippen LogP contribution in [0.5, 0.6) is 0 Å². The van der Waals surface area contributed by atoms with Crippen LogP contribution in [-0.2, 0) is 11.3 Å². The number of hydrogen-bond acceptors (Lipinski definition) is 2. The van der Waals surface area contributed by atoms with Crippen molar-refractivity contribution < 1.29 is 4.79 Å². The Morgan fingerprint density at radius 3 is 2.88 bits per heavy atom. The van der Waals surface area contributed by atoms with Crippen molar-refractivity contribution in [3.63, 3.8) is 0 Å². The lowest BCUT2D eigenvalue weighted by molar-refractivity contribution is -0.121. The smallest absolute Gasteiger partial charge is 0.220 e. The molecule has 0 spiro atoms. The number of nitrogens with two attached hydrogens (primary N) is 1. The minimum atomic E-state index is 0.133. The predicted octanol–water partition coefficient (Wildman–Crippen LogP) is 1.74. The molecule has 0 bridgehead atoms. The molecular formula is C13H16N2OS. The van der Waals surface area contributed by atoms with E-state index in [0.717, 1.165) is 11.1 Å². The van der Waals surface area contributed by atoms with Crippen LogP contribution >= 0.6 is 12.2 Å². The van der Waals surface area contributed by atoms with E-state index in [9.17, 15) is 4.79 Å². The third-order valence-electron chi connectivity index (χ3n) is 2.87. The van der Waals surface area contributed by atoms with Crippen molar-refractivity contribution in [2.24, 2.45) is 11.7 Å². The summed E-state index contributed by atoms with van der Waals surface area (Å²) >= 11 is 4.91. The fourth-order valence-electron chi connectivity index (χ4n) is 1.69. The average Bonchev–Trinajstić information content (AvgIpc) is 3.11. The van der Waals surface area contributed by atoms with Gasteiger partial charge in [-0.25, -0.2) is 0 Å². The molecule has 1 aromatic carbocycles. The standard InChI is InChI=1S/C13H16N2OS/c14-13(17)11-3-1-2-10(6-11)8-15-12(16)7-9-4-5-9/h1-3,6,9H,4-5,7-8H2,(H2,14,17)(H,15,16). The minimum absolute atomic E-state index is 0.133. The van der Waals surface area contributed by atoms with Gasteiger partial charge in [-0.3, -0.25) is 4.79 Å². The first-order valence-corrected chi connectivity index (χ1v) is 6.21. The number of benzene rings is 1. The van der Waals surface area contributed by atoms with E-state index in [1.54, 1.807) is 0 Å². The van der Waals surface area contributed by atoms with Crippen molar-refractivity contribution in [2.45, 2.75) is 25.8 Å². The Kier molecular flexibility index (Phi) is 3.74. The Balaban J connectivity index is 1.87. The highest BCUT2D eigenvalue weighted by atomic mass is 32.1. The van der Waals surface area contributed by atoms with Gasteiger partial charge in [-0.15, -0.1) is 0 Å². The van der Waals surface area contributed by atoms with Crippen LogP contribution in [0.4, 0.5) is 0 Å². The van der Waals surface area contributed by atoms with E-state index in [1.807, 2.05) is 24.3 Å². The molecule has 0 atom stereocenters. The zero-order valence-corrected chi connectivity index (χ0v) is 10.4. The minimum Gasteiger partial charge on any atom is -0.389 e. The third-order valence-corrected chi connectivity index (χ3v) is 3.11. The quantitative estimate of drug-likeness (QED) is 0.780. The summed E-state index contributed by atoms with van der Waals surface area (Å²) in [6.45, 7) is 0.544. The summed E-state index contributed by atoms with van der Waals surface area (Å²) in [6, 6.07) is 7.65. The van der Waals surface area contributed by atoms with Crippen LogP contribution in [0.1, 0.15) is 30.4 Å². The second-order valence-electron chi connectivity index (χ2n) is 4.49. The molecule has 1 aromatic rings. The fourth-order valence-corrected chi connectivity index (χ4v) is 1.82. The summed E-state index contributed by atoms with van der Waals surface area (Å²) in [4.78, 5) is 11.9. The molecule has 0 aromatic heterocycles. The SMILES string of the molecule is NC(=S)c1cccc(CNC(=O)CC2CC2)c1. The highest BCUT2D eigenvalue weighted by Gasteiger charge is 2.23. The van der Waals surface area contributed by atoms with E-state index in [0.29, 0.717) is 23.9 Å². The van der Waals surface area contributed by atoms with E-state index in [-0.39, 0.29) is 5.91 Å². The van der Waals surface area contributed by atoms with E-state index in [1.165, 1.54) is 12.8 Å². The van der Waals surface area contributed by atoms with Gasteiger partial charge in [0.1, 0.15) is 4.99 Å². The summed E-state index contributed by atoms with van der Waals surface area (Å²) in [5.74, 6) is 0.756. The highest BCUT2D eigenvalue weighted by Crippen LogP contribution is 2.32. The second-order valence-corrected chi connectivity index (χ2v) is 4.93. The Hall–Kier alpha value is -1.42. The summed E-state index contributed by atoms with van der Waals surface area (Å²) in [7, 11) is 0. The predicted molar refractivity (Wildman–Crippen MR) is 71.5 cm³/mol. The molecule has 1 saturated carbocycles. The summed E-state index contributed by atoms with van der Waals surface area (Å²) < 4.78 is 0. The lowest BCUT2D eigenvalue weighted by atomic mass is 10.1. The van der Waals surface area contributed by atoms with Gasteiger partial charge in [-0.2, -0.15) is 0 Å². The fraction of sp³-hybridized carbons (Fsp3) is 0.385. The number of carbonyl (C=O) groups excluding carboxylic acids is 1. The van der Waals surface area contributed by atoms with E-state index < -0.39 is 0 Å². The molecule has 17 heavy (non-hydrogen) atoms. The van der Waals surface area contributed by atoms with Crippen LogP contribution in [0.25, 0.3) is 0 Å². The number of carbonyl (C=O) groups is 1. The van der Waals surface area contributed by atoms with Crippen LogP contribution in [0.15, 0.2) is 24.3 Å². The lowest BCUT2D eigenvalue weighted by Gasteiger charge is -2.06. The van der Waals surface area contributed by atoms with Crippen molar-refractivity contribution in [3.05, 3.63) is 35.4 Å².